The Labute approximate surface area is 192 Å². The Morgan fingerprint density at radius 3 is 2.52 bits per heavy atom. The first-order valence-corrected chi connectivity index (χ1v) is 11.1. The van der Waals surface area contributed by atoms with E-state index in [-0.39, 0.29) is 11.7 Å². The topological polar surface area (TPSA) is 97.5 Å². The van der Waals surface area contributed by atoms with E-state index in [0.717, 1.165) is 30.3 Å². The number of nitrogens with zero attached hydrogens (tertiary/aromatic N) is 2. The first-order chi connectivity index (χ1) is 15.8. The Balaban J connectivity index is 1.48. The minimum absolute atomic E-state index is 0.0290. The summed E-state index contributed by atoms with van der Waals surface area (Å²) in [4.78, 5) is 44.4. The van der Waals surface area contributed by atoms with E-state index < -0.39 is 6.03 Å². The van der Waals surface area contributed by atoms with E-state index in [1.54, 1.807) is 36.4 Å². The molecule has 0 bridgehead atoms. The maximum Gasteiger partial charge on any atom is 0.323 e. The largest absolute Gasteiger partial charge is 0.350 e. The maximum atomic E-state index is 13.1. The highest BCUT2D eigenvalue weighted by atomic mass is 16.2. The van der Waals surface area contributed by atoms with Crippen LogP contribution in [0.1, 0.15) is 40.6 Å². The number of hydrogen-bond donors (Lipinski definition) is 3. The molecule has 1 aliphatic rings. The highest BCUT2D eigenvalue weighted by Gasteiger charge is 2.26. The number of amides is 3. The lowest BCUT2D eigenvalue weighted by Gasteiger charge is -2.35. The van der Waals surface area contributed by atoms with Gasteiger partial charge in [-0.25, -0.2) is 4.79 Å². The van der Waals surface area contributed by atoms with Crippen LogP contribution in [0, 0.1) is 0 Å². The van der Waals surface area contributed by atoms with E-state index in [9.17, 15) is 14.4 Å². The van der Waals surface area contributed by atoms with Crippen LogP contribution in [0.5, 0.6) is 0 Å². The molecular weight excluding hydrogens is 418 g/mol. The van der Waals surface area contributed by atoms with Gasteiger partial charge >= 0.3 is 6.03 Å². The van der Waals surface area contributed by atoms with Crippen molar-refractivity contribution in [2.45, 2.75) is 25.8 Å². The highest BCUT2D eigenvalue weighted by molar-refractivity contribution is 6.08. The lowest BCUT2D eigenvalue weighted by atomic mass is 10.0. The Hall–Kier alpha value is -3.65. The third-order valence-corrected chi connectivity index (χ3v) is 6.11. The minimum Gasteiger partial charge on any atom is -0.350 e. The van der Waals surface area contributed by atoms with E-state index in [4.69, 9.17) is 0 Å². The van der Waals surface area contributed by atoms with E-state index in [1.165, 1.54) is 6.92 Å². The lowest BCUT2D eigenvalue weighted by molar-refractivity contribution is 0.0630. The predicted octanol–water partition coefficient (Wildman–Crippen LogP) is 4.18. The number of anilines is 2. The number of Topliss-reactive ketones (excluding diaryl/α,β-unsaturated/α-hetero) is 1. The molecular formula is C25H29N5O3. The molecule has 3 N–H and O–H groups in total. The molecule has 1 unspecified atom stereocenters. The SMILES string of the molecule is CC(=O)c1ccc(NC(=O)Nc2cccc3[nH]c(C(=O)N4CCCC(N(C)C)C4)cc23)cc1. The summed E-state index contributed by atoms with van der Waals surface area (Å²) in [6.07, 6.45) is 2.07. The zero-order valence-electron chi connectivity index (χ0n) is 19.1. The fraction of sp³-hybridized carbons (Fsp3) is 0.320. The molecule has 33 heavy (non-hydrogen) atoms. The lowest BCUT2D eigenvalue weighted by Crippen LogP contribution is -2.47. The van der Waals surface area contributed by atoms with Crippen molar-refractivity contribution in [1.29, 1.82) is 0 Å². The number of piperidine rings is 1. The van der Waals surface area contributed by atoms with Crippen molar-refractivity contribution in [3.05, 3.63) is 59.8 Å². The average molecular weight is 448 g/mol. The van der Waals surface area contributed by atoms with Crippen LogP contribution in [0.4, 0.5) is 16.2 Å². The summed E-state index contributed by atoms with van der Waals surface area (Å²) < 4.78 is 0. The molecule has 1 aliphatic heterocycles. The number of aromatic nitrogens is 1. The van der Waals surface area contributed by atoms with Gasteiger partial charge in [-0.2, -0.15) is 0 Å². The molecule has 0 saturated carbocycles. The number of fused-ring (bicyclic) bond motifs is 1. The summed E-state index contributed by atoms with van der Waals surface area (Å²) in [5, 5.41) is 6.39. The van der Waals surface area contributed by atoms with Crippen LogP contribution in [0.2, 0.25) is 0 Å². The molecule has 172 valence electrons. The van der Waals surface area contributed by atoms with Gasteiger partial charge in [0.25, 0.3) is 5.91 Å². The second-order valence-corrected chi connectivity index (χ2v) is 8.67. The number of urea groups is 1. The third kappa shape index (κ3) is 5.06. The van der Waals surface area contributed by atoms with Crippen LogP contribution in [0.15, 0.2) is 48.5 Å². The number of ketones is 1. The zero-order chi connectivity index (χ0) is 23.5. The van der Waals surface area contributed by atoms with Crippen LogP contribution >= 0.6 is 0 Å². The van der Waals surface area contributed by atoms with Gasteiger partial charge in [-0.1, -0.05) is 6.07 Å². The van der Waals surface area contributed by atoms with Crippen molar-refractivity contribution >= 4 is 40.0 Å². The number of likely N-dealkylation sites (tertiary alicyclic amines) is 1. The summed E-state index contributed by atoms with van der Waals surface area (Å²) >= 11 is 0. The number of likely N-dealkylation sites (N-methyl/N-ethyl adjacent to an activating group) is 1. The molecule has 1 fully saturated rings. The van der Waals surface area contributed by atoms with E-state index in [1.807, 2.05) is 31.1 Å². The number of H-pyrrole nitrogens is 1. The zero-order valence-corrected chi connectivity index (χ0v) is 19.1. The Bertz CT molecular complexity index is 1180. The van der Waals surface area contributed by atoms with E-state index >= 15 is 0 Å². The number of rotatable bonds is 5. The van der Waals surface area contributed by atoms with Crippen LogP contribution in [-0.4, -0.2) is 65.7 Å². The van der Waals surface area contributed by atoms with E-state index in [2.05, 4.69) is 20.5 Å². The van der Waals surface area contributed by atoms with Crippen molar-refractivity contribution in [3.8, 4) is 0 Å². The second-order valence-electron chi connectivity index (χ2n) is 8.67. The molecule has 8 nitrogen and oxygen atoms in total. The van der Waals surface area contributed by atoms with Gasteiger partial charge < -0.3 is 25.4 Å². The van der Waals surface area contributed by atoms with Crippen LogP contribution in [-0.2, 0) is 0 Å². The monoisotopic (exact) mass is 447 g/mol. The van der Waals surface area contributed by atoms with Crippen molar-refractivity contribution < 1.29 is 14.4 Å². The first kappa shape index (κ1) is 22.5. The quantitative estimate of drug-likeness (QED) is 0.511. The molecule has 3 amide bonds. The Morgan fingerprint density at radius 2 is 1.82 bits per heavy atom. The number of aromatic amines is 1. The van der Waals surface area contributed by atoms with Crippen LogP contribution in [0.3, 0.4) is 0 Å². The molecule has 2 aromatic carbocycles. The number of carbonyl (C=O) groups is 3. The Kier molecular flexibility index (Phi) is 6.46. The number of carbonyl (C=O) groups excluding carboxylic acids is 3. The number of benzene rings is 2. The molecule has 1 saturated heterocycles. The van der Waals surface area contributed by atoms with Crippen molar-refractivity contribution in [2.75, 3.05) is 37.8 Å². The molecule has 1 aromatic heterocycles. The molecule has 8 heteroatoms. The summed E-state index contributed by atoms with van der Waals surface area (Å²) in [5.41, 5.74) is 3.06. The molecule has 0 aliphatic carbocycles. The summed E-state index contributed by atoms with van der Waals surface area (Å²) in [7, 11) is 4.09. The van der Waals surface area contributed by atoms with Gasteiger partial charge in [-0.15, -0.1) is 0 Å². The standard InChI is InChI=1S/C25H29N5O3/c1-16(31)17-9-11-18(12-10-17)26-25(33)28-22-8-4-7-21-20(22)14-23(27-21)24(32)30-13-5-6-19(15-30)29(2)3/h4,7-12,14,19,27H,5-6,13,15H2,1-3H3,(H2,26,28,33). The van der Waals surface area contributed by atoms with Gasteiger partial charge in [0, 0.05) is 41.3 Å². The average Bonchev–Trinajstić information content (AvgIpc) is 3.24. The van der Waals surface area contributed by atoms with Crippen molar-refractivity contribution in [3.63, 3.8) is 0 Å². The van der Waals surface area contributed by atoms with Gasteiger partial charge in [0.2, 0.25) is 0 Å². The van der Waals surface area contributed by atoms with E-state index in [0.29, 0.717) is 35.2 Å². The molecule has 3 aromatic rings. The third-order valence-electron chi connectivity index (χ3n) is 6.11. The smallest absolute Gasteiger partial charge is 0.323 e. The predicted molar refractivity (Wildman–Crippen MR) is 130 cm³/mol. The molecule has 4 rings (SSSR count). The minimum atomic E-state index is -0.406. The summed E-state index contributed by atoms with van der Waals surface area (Å²) in [5.74, 6) is -0.0593. The fourth-order valence-corrected chi connectivity index (χ4v) is 4.18. The molecule has 1 atom stereocenters. The normalized spacial score (nSPS) is 16.1. The van der Waals surface area contributed by atoms with Gasteiger partial charge in [-0.05, 0) is 76.3 Å². The maximum absolute atomic E-state index is 13.1. The molecule has 0 radical (unpaired) electrons. The number of nitrogens with one attached hydrogen (secondary N) is 3. The molecule has 0 spiro atoms. The molecule has 2 heterocycles. The second kappa shape index (κ2) is 9.46. The summed E-state index contributed by atoms with van der Waals surface area (Å²) in [6.45, 7) is 2.95. The van der Waals surface area contributed by atoms with Crippen molar-refractivity contribution in [1.82, 2.24) is 14.8 Å². The number of hydrogen-bond acceptors (Lipinski definition) is 4. The van der Waals surface area contributed by atoms with Gasteiger partial charge in [0.1, 0.15) is 5.69 Å². The van der Waals surface area contributed by atoms with Gasteiger partial charge in [0.15, 0.2) is 5.78 Å². The fourth-order valence-electron chi connectivity index (χ4n) is 4.18. The highest BCUT2D eigenvalue weighted by Crippen LogP contribution is 2.26. The van der Waals surface area contributed by atoms with Crippen molar-refractivity contribution in [2.24, 2.45) is 0 Å². The Morgan fingerprint density at radius 1 is 1.06 bits per heavy atom. The van der Waals surface area contributed by atoms with Gasteiger partial charge in [0.05, 0.1) is 5.69 Å². The first-order valence-electron chi connectivity index (χ1n) is 11.1. The van der Waals surface area contributed by atoms with Crippen LogP contribution < -0.4 is 10.6 Å². The summed E-state index contributed by atoms with van der Waals surface area (Å²) in [6, 6.07) is 14.0. The van der Waals surface area contributed by atoms with Gasteiger partial charge in [-0.3, -0.25) is 9.59 Å². The van der Waals surface area contributed by atoms with Crippen LogP contribution in [0.25, 0.3) is 10.9 Å².